The summed E-state index contributed by atoms with van der Waals surface area (Å²) in [7, 11) is 0. The van der Waals surface area contributed by atoms with Gasteiger partial charge in [0.05, 0.1) is 11.4 Å². The number of benzene rings is 2. The third kappa shape index (κ3) is 3.64. The average molecular weight is 395 g/mol. The van der Waals surface area contributed by atoms with Crippen molar-refractivity contribution in [2.75, 3.05) is 12.3 Å². The number of aromatic amines is 1. The van der Waals surface area contributed by atoms with Crippen molar-refractivity contribution in [3.8, 4) is 0 Å². The zero-order chi connectivity index (χ0) is 22.2. The third-order valence-electron chi connectivity index (χ3n) is 4.12. The van der Waals surface area contributed by atoms with Gasteiger partial charge < -0.3 is 15.2 Å². The number of nitrogens with one attached hydrogen (secondary N) is 2. The van der Waals surface area contributed by atoms with Gasteiger partial charge in [-0.25, -0.2) is 13.6 Å². The highest BCUT2D eigenvalue weighted by Crippen LogP contribution is 2.28. The van der Waals surface area contributed by atoms with Crippen molar-refractivity contribution in [2.24, 2.45) is 0 Å². The molecule has 1 heterocycles. The van der Waals surface area contributed by atoms with Crippen molar-refractivity contribution in [2.45, 2.75) is 13.0 Å². The largest absolute Gasteiger partial charge is 0.328 e. The van der Waals surface area contributed by atoms with Gasteiger partial charge >= 0.3 is 6.03 Å². The fourth-order valence-corrected chi connectivity index (χ4v) is 2.91. The molecule has 140 valence electrons. The van der Waals surface area contributed by atoms with Crippen LogP contribution < -0.4 is 10.9 Å². The molecule has 0 fully saturated rings. The molecule has 1 aromatic heterocycles. The first kappa shape index (κ1) is 15.2. The zero-order valence-electron chi connectivity index (χ0n) is 17.0. The van der Waals surface area contributed by atoms with E-state index in [9.17, 15) is 18.4 Å². The molecule has 0 radical (unpaired) electrons. The molecule has 0 aliphatic carbocycles. The minimum absolute atomic E-state index is 0.00467. The SMILES string of the molecule is [2H]C([2H])([2H])N(C(=O)Nc1cccc(Cl)c1)C(C)c1c[nH]c(=O)c2c(F)c(F)ccc12. The van der Waals surface area contributed by atoms with Crippen molar-refractivity contribution in [3.05, 3.63) is 75.2 Å². The molecule has 5 nitrogen and oxygen atoms in total. The van der Waals surface area contributed by atoms with E-state index in [0.717, 1.165) is 6.07 Å². The van der Waals surface area contributed by atoms with E-state index in [1.165, 1.54) is 31.3 Å². The number of aromatic nitrogens is 1. The standard InChI is InChI=1S/C19H16ClF2N3O2/c1-10(25(2)19(27)24-12-5-3-4-11(20)8-12)14-9-23-18(26)16-13(14)6-7-15(21)17(16)22/h3-10H,1-2H3,(H,23,26)(H,24,27)/i2D3. The molecular formula is C19H16ClF2N3O2. The number of rotatable bonds is 3. The van der Waals surface area contributed by atoms with Crippen LogP contribution in [0.2, 0.25) is 5.02 Å². The smallest absolute Gasteiger partial charge is 0.322 e. The Balaban J connectivity index is 2.08. The Morgan fingerprint density at radius 2 is 2.11 bits per heavy atom. The highest BCUT2D eigenvalue weighted by Gasteiger charge is 2.22. The Morgan fingerprint density at radius 3 is 2.81 bits per heavy atom. The average Bonchev–Trinajstić information content (AvgIpc) is 2.63. The number of hydrogen-bond donors (Lipinski definition) is 2. The zero-order valence-corrected chi connectivity index (χ0v) is 14.8. The second-order valence-corrected chi connectivity index (χ2v) is 6.28. The fraction of sp³-hybridized carbons (Fsp3) is 0.158. The predicted molar refractivity (Wildman–Crippen MR) is 101 cm³/mol. The first-order chi connectivity index (χ1) is 14.0. The normalized spacial score (nSPS) is 14.1. The lowest BCUT2D eigenvalue weighted by Gasteiger charge is -2.26. The maximum absolute atomic E-state index is 14.2. The van der Waals surface area contributed by atoms with Crippen molar-refractivity contribution in [1.82, 2.24) is 9.88 Å². The van der Waals surface area contributed by atoms with E-state index in [0.29, 0.717) is 9.92 Å². The van der Waals surface area contributed by atoms with Crippen LogP contribution in [0.5, 0.6) is 0 Å². The van der Waals surface area contributed by atoms with Crippen LogP contribution in [-0.2, 0) is 0 Å². The number of pyridine rings is 1. The number of urea groups is 1. The molecule has 2 amide bonds. The first-order valence-corrected chi connectivity index (χ1v) is 8.23. The first-order valence-electron chi connectivity index (χ1n) is 9.36. The lowest BCUT2D eigenvalue weighted by Crippen LogP contribution is -2.34. The van der Waals surface area contributed by atoms with E-state index in [-0.39, 0.29) is 16.6 Å². The van der Waals surface area contributed by atoms with Crippen LogP contribution in [0.1, 0.15) is 22.6 Å². The summed E-state index contributed by atoms with van der Waals surface area (Å²) in [4.78, 5) is 27.7. The summed E-state index contributed by atoms with van der Waals surface area (Å²) in [5.41, 5.74) is -0.476. The summed E-state index contributed by atoms with van der Waals surface area (Å²) in [5.74, 6) is -2.57. The molecule has 2 N–H and O–H groups in total. The number of nitrogens with zero attached hydrogens (tertiary/aromatic N) is 1. The number of carbonyl (C=O) groups is 1. The third-order valence-corrected chi connectivity index (χ3v) is 4.36. The molecule has 8 heteroatoms. The van der Waals surface area contributed by atoms with E-state index in [1.807, 2.05) is 0 Å². The van der Waals surface area contributed by atoms with Gasteiger partial charge in [-0.2, -0.15) is 0 Å². The Bertz CT molecular complexity index is 1180. The quantitative estimate of drug-likeness (QED) is 0.677. The van der Waals surface area contributed by atoms with Gasteiger partial charge in [0, 0.05) is 28.0 Å². The molecule has 3 aromatic rings. The van der Waals surface area contributed by atoms with E-state index < -0.39 is 41.6 Å². The molecule has 0 saturated carbocycles. The van der Waals surface area contributed by atoms with Crippen LogP contribution in [0.25, 0.3) is 10.8 Å². The van der Waals surface area contributed by atoms with E-state index in [4.69, 9.17) is 15.7 Å². The summed E-state index contributed by atoms with van der Waals surface area (Å²) in [6.45, 7) is -1.48. The lowest BCUT2D eigenvalue weighted by atomic mass is 10.0. The van der Waals surface area contributed by atoms with Gasteiger partial charge in [-0.05, 0) is 42.1 Å². The summed E-state index contributed by atoms with van der Waals surface area (Å²) < 4.78 is 51.2. The van der Waals surface area contributed by atoms with Crippen LogP contribution in [0.4, 0.5) is 19.3 Å². The molecule has 0 aliphatic rings. The molecule has 0 spiro atoms. The van der Waals surface area contributed by atoms with Crippen LogP contribution in [-0.4, -0.2) is 22.9 Å². The molecule has 1 atom stereocenters. The Hall–Kier alpha value is -2.93. The number of fused-ring (bicyclic) bond motifs is 1. The highest BCUT2D eigenvalue weighted by atomic mass is 35.5. The van der Waals surface area contributed by atoms with E-state index in [2.05, 4.69) is 10.3 Å². The summed E-state index contributed by atoms with van der Waals surface area (Å²) >= 11 is 5.89. The van der Waals surface area contributed by atoms with Crippen molar-refractivity contribution >= 4 is 34.1 Å². The van der Waals surface area contributed by atoms with Gasteiger partial charge in [0.15, 0.2) is 11.6 Å². The Morgan fingerprint density at radius 1 is 1.33 bits per heavy atom. The minimum atomic E-state index is -2.89. The highest BCUT2D eigenvalue weighted by molar-refractivity contribution is 6.30. The second kappa shape index (κ2) is 7.36. The summed E-state index contributed by atoms with van der Waals surface area (Å²) in [5, 5.41) is 2.23. The van der Waals surface area contributed by atoms with Crippen molar-refractivity contribution in [1.29, 1.82) is 0 Å². The molecule has 0 aliphatic heterocycles. The van der Waals surface area contributed by atoms with Gasteiger partial charge in [-0.1, -0.05) is 23.7 Å². The lowest BCUT2D eigenvalue weighted by molar-refractivity contribution is 0.208. The van der Waals surface area contributed by atoms with Gasteiger partial charge in [-0.3, -0.25) is 4.79 Å². The van der Waals surface area contributed by atoms with Gasteiger partial charge in [0.25, 0.3) is 5.56 Å². The number of amides is 2. The second-order valence-electron chi connectivity index (χ2n) is 5.84. The number of carbonyl (C=O) groups excluding carboxylic acids is 1. The van der Waals surface area contributed by atoms with Gasteiger partial charge in [0.2, 0.25) is 0 Å². The molecule has 1 unspecified atom stereocenters. The van der Waals surface area contributed by atoms with Crippen LogP contribution in [0.3, 0.4) is 0 Å². The number of hydrogen-bond acceptors (Lipinski definition) is 2. The van der Waals surface area contributed by atoms with Crippen LogP contribution in [0, 0.1) is 11.6 Å². The number of anilines is 1. The van der Waals surface area contributed by atoms with Crippen molar-refractivity contribution in [3.63, 3.8) is 0 Å². The molecule has 0 saturated heterocycles. The maximum Gasteiger partial charge on any atom is 0.322 e. The van der Waals surface area contributed by atoms with Crippen LogP contribution in [0.15, 0.2) is 47.4 Å². The Kier molecular flexibility index (Phi) is 4.13. The van der Waals surface area contributed by atoms with E-state index in [1.54, 1.807) is 12.1 Å². The molecule has 3 rings (SSSR count). The summed E-state index contributed by atoms with van der Waals surface area (Å²) in [6.07, 6.45) is 1.18. The molecule has 27 heavy (non-hydrogen) atoms. The number of H-pyrrole nitrogens is 1. The minimum Gasteiger partial charge on any atom is -0.328 e. The van der Waals surface area contributed by atoms with Crippen LogP contribution >= 0.6 is 11.6 Å². The molecule has 2 aromatic carbocycles. The molecule has 0 bridgehead atoms. The number of halogens is 3. The molecular weight excluding hydrogens is 376 g/mol. The fourth-order valence-electron chi connectivity index (χ4n) is 2.72. The monoisotopic (exact) mass is 394 g/mol. The predicted octanol–water partition coefficient (Wildman–Crippen LogP) is 4.68. The van der Waals surface area contributed by atoms with Crippen molar-refractivity contribution < 1.29 is 17.7 Å². The van der Waals surface area contributed by atoms with Gasteiger partial charge in [0.1, 0.15) is 0 Å². The van der Waals surface area contributed by atoms with Gasteiger partial charge in [-0.15, -0.1) is 0 Å². The maximum atomic E-state index is 14.2. The van der Waals surface area contributed by atoms with E-state index >= 15 is 0 Å². The Labute approximate surface area is 162 Å². The summed E-state index contributed by atoms with van der Waals surface area (Å²) in [6, 6.07) is 6.03. The topological polar surface area (TPSA) is 65.2 Å².